The standard InChI is InChI=1S/C13H24N2O5S/c1-2-21(19,20)9-7-14-13(18)15-8-3-4-11(10-15)5-6-12(16)17/h11H,2-10H2,1H3,(H,14,18)(H,16,17). The molecular formula is C13H24N2O5S. The lowest BCUT2D eigenvalue weighted by Crippen LogP contribution is -2.46. The Labute approximate surface area is 125 Å². The van der Waals surface area contributed by atoms with E-state index in [1.54, 1.807) is 11.8 Å². The van der Waals surface area contributed by atoms with Crippen LogP contribution in [-0.4, -0.2) is 61.6 Å². The molecule has 0 aromatic rings. The third-order valence-electron chi connectivity index (χ3n) is 3.70. The van der Waals surface area contributed by atoms with Gasteiger partial charge in [-0.15, -0.1) is 0 Å². The zero-order chi connectivity index (χ0) is 15.9. The average Bonchev–Trinajstić information content (AvgIpc) is 2.45. The van der Waals surface area contributed by atoms with E-state index in [1.807, 2.05) is 0 Å². The van der Waals surface area contributed by atoms with Gasteiger partial charge >= 0.3 is 12.0 Å². The third kappa shape index (κ3) is 6.79. The number of rotatable bonds is 7. The lowest BCUT2D eigenvalue weighted by molar-refractivity contribution is -0.137. The van der Waals surface area contributed by atoms with Gasteiger partial charge in [-0.3, -0.25) is 4.79 Å². The van der Waals surface area contributed by atoms with Crippen LogP contribution >= 0.6 is 0 Å². The van der Waals surface area contributed by atoms with E-state index >= 15 is 0 Å². The highest BCUT2D eigenvalue weighted by Gasteiger charge is 2.24. The minimum absolute atomic E-state index is 0.0501. The van der Waals surface area contributed by atoms with Crippen LogP contribution in [0.5, 0.6) is 0 Å². The Balaban J connectivity index is 2.34. The van der Waals surface area contributed by atoms with Crippen LogP contribution in [0.15, 0.2) is 0 Å². The number of amides is 2. The first kappa shape index (κ1) is 17.7. The molecule has 0 aromatic heterocycles. The van der Waals surface area contributed by atoms with Crippen LogP contribution in [0.2, 0.25) is 0 Å². The number of likely N-dealkylation sites (tertiary alicyclic amines) is 1. The fraction of sp³-hybridized carbons (Fsp3) is 0.846. The first-order chi connectivity index (χ1) is 9.84. The number of carboxylic acids is 1. The summed E-state index contributed by atoms with van der Waals surface area (Å²) < 4.78 is 22.7. The van der Waals surface area contributed by atoms with Crippen molar-refractivity contribution in [3.05, 3.63) is 0 Å². The fourth-order valence-electron chi connectivity index (χ4n) is 2.38. The molecule has 0 radical (unpaired) electrons. The monoisotopic (exact) mass is 320 g/mol. The number of carbonyl (C=O) groups excluding carboxylic acids is 1. The van der Waals surface area contributed by atoms with Crippen LogP contribution in [0.1, 0.15) is 32.6 Å². The Bertz CT molecular complexity index is 463. The molecular weight excluding hydrogens is 296 g/mol. The predicted octanol–water partition coefficient (Wildman–Crippen LogP) is 0.708. The summed E-state index contributed by atoms with van der Waals surface area (Å²) in [4.78, 5) is 24.2. The Kier molecular flexibility index (Phi) is 6.94. The number of urea groups is 1. The van der Waals surface area contributed by atoms with Crippen LogP contribution in [-0.2, 0) is 14.6 Å². The Morgan fingerprint density at radius 2 is 2.10 bits per heavy atom. The molecule has 0 aliphatic carbocycles. The molecule has 0 saturated carbocycles. The lowest BCUT2D eigenvalue weighted by atomic mass is 9.93. The van der Waals surface area contributed by atoms with E-state index in [1.165, 1.54) is 0 Å². The Morgan fingerprint density at radius 3 is 2.71 bits per heavy atom. The molecule has 8 heteroatoms. The topological polar surface area (TPSA) is 104 Å². The molecule has 1 saturated heterocycles. The SMILES string of the molecule is CCS(=O)(=O)CCNC(=O)N1CCCC(CCC(=O)O)C1. The molecule has 122 valence electrons. The van der Waals surface area contributed by atoms with Crippen molar-refractivity contribution in [2.75, 3.05) is 31.1 Å². The fourth-order valence-corrected chi connectivity index (χ4v) is 3.08. The molecule has 1 aliphatic rings. The molecule has 1 fully saturated rings. The van der Waals surface area contributed by atoms with Gasteiger partial charge in [0.15, 0.2) is 9.84 Å². The zero-order valence-electron chi connectivity index (χ0n) is 12.4. The maximum atomic E-state index is 12.0. The summed E-state index contributed by atoms with van der Waals surface area (Å²) >= 11 is 0. The van der Waals surface area contributed by atoms with Gasteiger partial charge in [-0.1, -0.05) is 6.92 Å². The maximum Gasteiger partial charge on any atom is 0.317 e. The van der Waals surface area contributed by atoms with Crippen molar-refractivity contribution in [3.63, 3.8) is 0 Å². The van der Waals surface area contributed by atoms with E-state index in [-0.39, 0.29) is 36.4 Å². The number of hydrogen-bond acceptors (Lipinski definition) is 4. The first-order valence-electron chi connectivity index (χ1n) is 7.29. The molecule has 1 unspecified atom stereocenters. The molecule has 1 rings (SSSR count). The summed E-state index contributed by atoms with van der Waals surface area (Å²) in [6.45, 7) is 2.87. The van der Waals surface area contributed by atoms with Gasteiger partial charge in [0, 0.05) is 31.8 Å². The van der Waals surface area contributed by atoms with Gasteiger partial charge in [0.1, 0.15) is 0 Å². The summed E-state index contributed by atoms with van der Waals surface area (Å²) in [7, 11) is -3.07. The van der Waals surface area contributed by atoms with Gasteiger partial charge in [0.2, 0.25) is 0 Å². The van der Waals surface area contributed by atoms with Crippen LogP contribution in [0.4, 0.5) is 4.79 Å². The molecule has 0 bridgehead atoms. The highest BCUT2D eigenvalue weighted by molar-refractivity contribution is 7.91. The summed E-state index contributed by atoms with van der Waals surface area (Å²) in [5.74, 6) is -0.587. The first-order valence-corrected chi connectivity index (χ1v) is 9.11. The third-order valence-corrected chi connectivity index (χ3v) is 5.41. The predicted molar refractivity (Wildman–Crippen MR) is 78.9 cm³/mol. The van der Waals surface area contributed by atoms with Crippen molar-refractivity contribution in [2.24, 2.45) is 5.92 Å². The number of nitrogens with zero attached hydrogens (tertiary/aromatic N) is 1. The van der Waals surface area contributed by atoms with E-state index in [2.05, 4.69) is 5.32 Å². The van der Waals surface area contributed by atoms with Gasteiger partial charge in [0.05, 0.1) is 5.75 Å². The minimum atomic E-state index is -3.07. The Morgan fingerprint density at radius 1 is 1.38 bits per heavy atom. The molecule has 2 amide bonds. The number of carbonyl (C=O) groups is 2. The van der Waals surface area contributed by atoms with Crippen molar-refractivity contribution in [1.82, 2.24) is 10.2 Å². The van der Waals surface area contributed by atoms with Gasteiger partial charge in [0.25, 0.3) is 0 Å². The van der Waals surface area contributed by atoms with Gasteiger partial charge in [-0.2, -0.15) is 0 Å². The highest BCUT2D eigenvalue weighted by Crippen LogP contribution is 2.20. The number of hydrogen-bond donors (Lipinski definition) is 2. The van der Waals surface area contributed by atoms with Crippen molar-refractivity contribution in [3.8, 4) is 0 Å². The highest BCUT2D eigenvalue weighted by atomic mass is 32.2. The molecule has 0 aromatic carbocycles. The van der Waals surface area contributed by atoms with Crippen molar-refractivity contribution in [1.29, 1.82) is 0 Å². The average molecular weight is 320 g/mol. The van der Waals surface area contributed by atoms with Crippen LogP contribution in [0, 0.1) is 5.92 Å². The molecule has 1 atom stereocenters. The van der Waals surface area contributed by atoms with Crippen molar-refractivity contribution < 1.29 is 23.1 Å². The smallest absolute Gasteiger partial charge is 0.317 e. The quantitative estimate of drug-likeness (QED) is 0.719. The summed E-state index contributed by atoms with van der Waals surface area (Å²) in [6, 6.07) is -0.263. The second-order valence-electron chi connectivity index (χ2n) is 5.35. The lowest BCUT2D eigenvalue weighted by Gasteiger charge is -2.32. The van der Waals surface area contributed by atoms with E-state index in [9.17, 15) is 18.0 Å². The molecule has 7 nitrogen and oxygen atoms in total. The zero-order valence-corrected chi connectivity index (χ0v) is 13.2. The number of piperidine rings is 1. The summed E-state index contributed by atoms with van der Waals surface area (Å²) in [5, 5.41) is 11.3. The number of aliphatic carboxylic acids is 1. The number of carboxylic acid groups (broad SMARTS) is 1. The molecule has 2 N–H and O–H groups in total. The second kappa shape index (κ2) is 8.21. The van der Waals surface area contributed by atoms with E-state index < -0.39 is 15.8 Å². The molecule has 0 spiro atoms. The number of sulfone groups is 1. The van der Waals surface area contributed by atoms with Crippen LogP contribution in [0.25, 0.3) is 0 Å². The minimum Gasteiger partial charge on any atom is -0.481 e. The van der Waals surface area contributed by atoms with Crippen molar-refractivity contribution in [2.45, 2.75) is 32.6 Å². The van der Waals surface area contributed by atoms with E-state index in [0.29, 0.717) is 19.5 Å². The van der Waals surface area contributed by atoms with Crippen molar-refractivity contribution >= 4 is 21.8 Å². The van der Waals surface area contributed by atoms with Gasteiger partial charge < -0.3 is 15.3 Å². The van der Waals surface area contributed by atoms with Gasteiger partial charge in [-0.25, -0.2) is 13.2 Å². The van der Waals surface area contributed by atoms with Crippen LogP contribution in [0.3, 0.4) is 0 Å². The largest absolute Gasteiger partial charge is 0.481 e. The van der Waals surface area contributed by atoms with Crippen LogP contribution < -0.4 is 5.32 Å². The van der Waals surface area contributed by atoms with Gasteiger partial charge in [-0.05, 0) is 25.2 Å². The summed E-state index contributed by atoms with van der Waals surface area (Å²) in [6.07, 6.45) is 2.48. The Hall–Kier alpha value is -1.31. The summed E-state index contributed by atoms with van der Waals surface area (Å²) in [5.41, 5.74) is 0. The second-order valence-corrected chi connectivity index (χ2v) is 7.83. The number of nitrogens with one attached hydrogen (secondary N) is 1. The molecule has 1 aliphatic heterocycles. The normalized spacial score (nSPS) is 19.3. The van der Waals surface area contributed by atoms with E-state index in [4.69, 9.17) is 5.11 Å². The molecule has 1 heterocycles. The van der Waals surface area contributed by atoms with E-state index in [0.717, 1.165) is 12.8 Å². The molecule has 21 heavy (non-hydrogen) atoms. The maximum absolute atomic E-state index is 12.0.